The van der Waals surface area contributed by atoms with Crippen molar-refractivity contribution in [1.82, 2.24) is 36.8 Å². The molecule has 0 spiro atoms. The molecule has 1 aliphatic rings. The van der Waals surface area contributed by atoms with E-state index in [9.17, 15) is 63.6 Å². The number of nitrogens with one attached hydrogen (secondary N) is 6. The zero-order chi connectivity index (χ0) is 42.3. The van der Waals surface area contributed by atoms with E-state index in [2.05, 4.69) is 21.3 Å². The molecule has 11 atom stereocenters. The van der Waals surface area contributed by atoms with Crippen molar-refractivity contribution >= 4 is 53.2 Å². The number of aliphatic hydroxyl groups excluding tert-OH is 4. The van der Waals surface area contributed by atoms with Gasteiger partial charge in [-0.2, -0.15) is 0 Å². The predicted molar refractivity (Wildman–Crippen MR) is 188 cm³/mol. The third kappa shape index (κ3) is 14.7. The molecule has 312 valence electrons. The van der Waals surface area contributed by atoms with Gasteiger partial charge in [0.05, 0.1) is 43.9 Å². The molecule has 1 saturated heterocycles. The molecule has 0 radical (unpaired) electrons. The highest BCUT2D eigenvalue weighted by molar-refractivity contribution is 5.98. The number of carbonyl (C=O) groups is 9. The molecule has 1 fully saturated rings. The van der Waals surface area contributed by atoms with E-state index < -0.39 is 133 Å². The van der Waals surface area contributed by atoms with Crippen molar-refractivity contribution in [3.8, 4) is 0 Å². The van der Waals surface area contributed by atoms with Gasteiger partial charge in [0.1, 0.15) is 30.2 Å². The molecule has 0 aromatic rings. The van der Waals surface area contributed by atoms with Crippen LogP contribution in [0.5, 0.6) is 0 Å². The Bertz CT molecular complexity index is 1410. The van der Waals surface area contributed by atoms with Crippen LogP contribution in [0.1, 0.15) is 60.3 Å². The van der Waals surface area contributed by atoms with Crippen LogP contribution >= 0.6 is 0 Å². The van der Waals surface area contributed by atoms with E-state index in [0.29, 0.717) is 12.8 Å². The van der Waals surface area contributed by atoms with Crippen LogP contribution in [0.15, 0.2) is 0 Å². The van der Waals surface area contributed by atoms with Crippen LogP contribution in [0.25, 0.3) is 0 Å². The minimum atomic E-state index is -1.78. The number of hydrogen-bond donors (Lipinski definition) is 13. The van der Waals surface area contributed by atoms with Gasteiger partial charge in [-0.15, -0.1) is 0 Å². The van der Waals surface area contributed by atoms with Crippen LogP contribution in [0.3, 0.4) is 0 Å². The van der Waals surface area contributed by atoms with E-state index in [1.165, 1.54) is 0 Å². The van der Waals surface area contributed by atoms with Gasteiger partial charge in [-0.3, -0.25) is 38.4 Å². The maximum absolute atomic E-state index is 13.5. The fourth-order valence-electron chi connectivity index (χ4n) is 5.35. The normalized spacial score (nSPS) is 19.4. The summed E-state index contributed by atoms with van der Waals surface area (Å²) in [6.07, 6.45) is -4.39. The Morgan fingerprint density at radius 1 is 0.745 bits per heavy atom. The van der Waals surface area contributed by atoms with E-state index in [4.69, 9.17) is 16.6 Å². The van der Waals surface area contributed by atoms with E-state index in [1.807, 2.05) is 17.6 Å². The van der Waals surface area contributed by atoms with Crippen LogP contribution < -0.4 is 43.4 Å². The van der Waals surface area contributed by atoms with Crippen molar-refractivity contribution in [3.63, 3.8) is 0 Å². The number of primary amides is 1. The standard InChI is InChI=1S/C32H55N9O14/c1-6-13(2)22(34)28(50)37-17(10-20(33)46)31(53)41-9-7-8-19(41)27(49)38-24(15(4)44)30(52)39-23(14(3)43)29(51)35-11-21(47)36-18(12-42)26(48)40-25(16(5)45)32(54)55/h13-19,22-25,42-45H,6-12,34H2,1-5H3,(H2,33,46)(H,35,51)(H,36,47)(H,37,50)(H,38,49)(H,39,52)(H,40,48)(H,54,55)/t13-,14+,15+,16+,17-,18-,19-,22-,23-,24-,25-/m0/s1. The summed E-state index contributed by atoms with van der Waals surface area (Å²) in [5.41, 5.74) is 11.3. The number of hydrogen-bond acceptors (Lipinski definition) is 14. The number of rotatable bonds is 22. The number of nitrogens with zero attached hydrogens (tertiary/aromatic N) is 1. The molecule has 0 saturated carbocycles. The van der Waals surface area contributed by atoms with E-state index in [0.717, 1.165) is 25.7 Å². The third-order valence-electron chi connectivity index (χ3n) is 8.85. The predicted octanol–water partition coefficient (Wildman–Crippen LogP) is -7.01. The monoisotopic (exact) mass is 789 g/mol. The van der Waals surface area contributed by atoms with Crippen molar-refractivity contribution in [2.45, 2.75) is 121 Å². The van der Waals surface area contributed by atoms with Crippen molar-refractivity contribution in [3.05, 3.63) is 0 Å². The average molecular weight is 790 g/mol. The van der Waals surface area contributed by atoms with Gasteiger partial charge >= 0.3 is 5.97 Å². The molecule has 15 N–H and O–H groups in total. The minimum absolute atomic E-state index is 0.0251. The van der Waals surface area contributed by atoms with Gasteiger partial charge in [-0.1, -0.05) is 20.3 Å². The lowest BCUT2D eigenvalue weighted by Gasteiger charge is -2.31. The summed E-state index contributed by atoms with van der Waals surface area (Å²) in [5, 5.41) is 61.8. The number of carbonyl (C=O) groups excluding carboxylic acids is 8. The largest absolute Gasteiger partial charge is 0.480 e. The summed E-state index contributed by atoms with van der Waals surface area (Å²) in [5.74, 6) is -9.73. The Morgan fingerprint density at radius 2 is 1.29 bits per heavy atom. The Hall–Kier alpha value is -4.97. The lowest BCUT2D eigenvalue weighted by molar-refractivity contribution is -0.145. The number of carboxylic acids is 1. The van der Waals surface area contributed by atoms with Crippen LogP contribution in [0, 0.1) is 5.92 Å². The quantitative estimate of drug-likeness (QED) is 0.0485. The molecule has 1 heterocycles. The second-order valence-corrected chi connectivity index (χ2v) is 13.4. The van der Waals surface area contributed by atoms with E-state index in [-0.39, 0.29) is 18.9 Å². The first-order chi connectivity index (χ1) is 25.6. The number of aliphatic hydroxyl groups is 4. The highest BCUT2D eigenvalue weighted by atomic mass is 16.4. The third-order valence-corrected chi connectivity index (χ3v) is 8.85. The van der Waals surface area contributed by atoms with Crippen molar-refractivity contribution in [2.24, 2.45) is 17.4 Å². The maximum Gasteiger partial charge on any atom is 0.328 e. The molecule has 8 amide bonds. The highest BCUT2D eigenvalue weighted by Gasteiger charge is 2.41. The number of nitrogens with two attached hydrogens (primary N) is 2. The number of amides is 8. The van der Waals surface area contributed by atoms with E-state index >= 15 is 0 Å². The molecular weight excluding hydrogens is 734 g/mol. The second kappa shape index (κ2) is 22.4. The fraction of sp³-hybridized carbons (Fsp3) is 0.719. The maximum atomic E-state index is 13.5. The van der Waals surface area contributed by atoms with Gasteiger partial charge in [0, 0.05) is 6.54 Å². The van der Waals surface area contributed by atoms with Gasteiger partial charge in [-0.05, 0) is 39.5 Å². The summed E-state index contributed by atoms with van der Waals surface area (Å²) in [6.45, 7) is 5.01. The molecule has 0 unspecified atom stereocenters. The lowest BCUT2D eigenvalue weighted by Crippen LogP contribution is -2.62. The molecule has 23 nitrogen and oxygen atoms in total. The Balaban J connectivity index is 3.01. The Kier molecular flexibility index (Phi) is 19.6. The number of aliphatic carboxylic acids is 1. The smallest absolute Gasteiger partial charge is 0.328 e. The number of carboxylic acid groups (broad SMARTS) is 1. The first-order valence-electron chi connectivity index (χ1n) is 17.6. The number of likely N-dealkylation sites (tertiary alicyclic amines) is 1. The van der Waals surface area contributed by atoms with Gasteiger partial charge in [0.2, 0.25) is 47.3 Å². The molecule has 1 aliphatic heterocycles. The first kappa shape index (κ1) is 48.0. The highest BCUT2D eigenvalue weighted by Crippen LogP contribution is 2.20. The van der Waals surface area contributed by atoms with Crippen molar-refractivity contribution in [1.29, 1.82) is 0 Å². The molecule has 0 bridgehead atoms. The summed E-state index contributed by atoms with van der Waals surface area (Å²) >= 11 is 0. The van der Waals surface area contributed by atoms with Gasteiger partial charge < -0.3 is 73.8 Å². The van der Waals surface area contributed by atoms with Crippen LogP contribution in [0.4, 0.5) is 0 Å². The van der Waals surface area contributed by atoms with Gasteiger partial charge in [-0.25, -0.2) is 4.79 Å². The molecule has 23 heteroatoms. The molecule has 1 rings (SSSR count). The minimum Gasteiger partial charge on any atom is -0.480 e. The zero-order valence-corrected chi connectivity index (χ0v) is 31.3. The van der Waals surface area contributed by atoms with Crippen molar-refractivity contribution < 1.29 is 68.7 Å². The molecule has 0 aromatic carbocycles. The SMILES string of the molecule is CC[C@H](C)[C@H](N)C(=O)N[C@@H](CC(N)=O)C(=O)N1CCC[C@H]1C(=O)N[C@H](C(=O)N[C@H](C(=O)NCC(=O)N[C@@H](CO)C(=O)N[C@H](C(=O)O)[C@@H](C)O)[C@@H](C)O)[C@@H](C)O. The molecular formula is C32H55N9O14. The first-order valence-corrected chi connectivity index (χ1v) is 17.6. The Morgan fingerprint density at radius 3 is 1.78 bits per heavy atom. The van der Waals surface area contributed by atoms with Crippen LogP contribution in [0.2, 0.25) is 0 Å². The summed E-state index contributed by atoms with van der Waals surface area (Å²) in [4.78, 5) is 115. The molecule has 0 aliphatic carbocycles. The molecule has 55 heavy (non-hydrogen) atoms. The van der Waals surface area contributed by atoms with Gasteiger partial charge in [0.15, 0.2) is 6.04 Å². The van der Waals surface area contributed by atoms with Gasteiger partial charge in [0.25, 0.3) is 0 Å². The van der Waals surface area contributed by atoms with Crippen molar-refractivity contribution in [2.75, 3.05) is 19.7 Å². The van der Waals surface area contributed by atoms with Crippen LogP contribution in [-0.4, -0.2) is 164 Å². The zero-order valence-electron chi connectivity index (χ0n) is 31.3. The molecule has 0 aromatic heterocycles. The summed E-state index contributed by atoms with van der Waals surface area (Å²) in [6, 6.07) is -10.7. The average Bonchev–Trinajstić information content (AvgIpc) is 3.60. The summed E-state index contributed by atoms with van der Waals surface area (Å²) < 4.78 is 0. The topological polar surface area (TPSA) is 382 Å². The summed E-state index contributed by atoms with van der Waals surface area (Å²) in [7, 11) is 0. The Labute approximate surface area is 316 Å². The van der Waals surface area contributed by atoms with E-state index in [1.54, 1.807) is 6.92 Å². The fourth-order valence-corrected chi connectivity index (χ4v) is 5.35. The lowest BCUT2D eigenvalue weighted by atomic mass is 9.98. The van der Waals surface area contributed by atoms with Crippen LogP contribution in [-0.2, 0) is 43.2 Å². The second-order valence-electron chi connectivity index (χ2n) is 13.4.